The molecule has 0 N–H and O–H groups in total. The van der Waals surface area contributed by atoms with E-state index >= 15 is 0 Å². The second kappa shape index (κ2) is 7.09. The Bertz CT molecular complexity index is 469. The Morgan fingerprint density at radius 3 is 2.67 bits per heavy atom. The van der Waals surface area contributed by atoms with Crippen LogP contribution in [0.2, 0.25) is 0 Å². The van der Waals surface area contributed by atoms with Crippen LogP contribution in [-0.4, -0.2) is 19.8 Å². The normalized spacial score (nSPS) is 25.3. The van der Waals surface area contributed by atoms with Crippen molar-refractivity contribution in [2.45, 2.75) is 63.7 Å². The molecule has 0 fully saturated rings. The van der Waals surface area contributed by atoms with Crippen molar-refractivity contribution in [1.29, 1.82) is 0 Å². The molecule has 0 aromatic heterocycles. The summed E-state index contributed by atoms with van der Waals surface area (Å²) < 4.78 is 0. The standard InChI is InChI=1S/C19H31NS/c1-6-8-11-19(7-2)13-15(3)17-12-16(20(4)5)9-10-18(17)21-14-19/h9-10,12,15H,6-8,11,13-14H2,1-5H3/t15-,19-/m0/s1. The summed E-state index contributed by atoms with van der Waals surface area (Å²) in [7, 11) is 4.27. The van der Waals surface area contributed by atoms with Crippen LogP contribution in [0.3, 0.4) is 0 Å². The minimum Gasteiger partial charge on any atom is -0.378 e. The number of rotatable bonds is 5. The average molecular weight is 306 g/mol. The molecule has 2 heteroatoms. The fraction of sp³-hybridized carbons (Fsp3) is 0.684. The van der Waals surface area contributed by atoms with Crippen molar-refractivity contribution < 1.29 is 0 Å². The first-order valence-corrected chi connectivity index (χ1v) is 9.44. The number of thioether (sulfide) groups is 1. The van der Waals surface area contributed by atoms with Gasteiger partial charge in [-0.25, -0.2) is 0 Å². The molecule has 0 saturated heterocycles. The summed E-state index contributed by atoms with van der Waals surface area (Å²) in [6.45, 7) is 7.14. The van der Waals surface area contributed by atoms with Gasteiger partial charge in [0.15, 0.2) is 0 Å². The lowest BCUT2D eigenvalue weighted by Crippen LogP contribution is -2.24. The molecule has 2 atom stereocenters. The van der Waals surface area contributed by atoms with Crippen molar-refractivity contribution in [3.05, 3.63) is 23.8 Å². The fourth-order valence-electron chi connectivity index (χ4n) is 3.53. The van der Waals surface area contributed by atoms with Crippen molar-refractivity contribution >= 4 is 17.4 Å². The summed E-state index contributed by atoms with van der Waals surface area (Å²) in [5.74, 6) is 1.97. The first kappa shape index (κ1) is 16.7. The molecule has 0 aliphatic carbocycles. The highest BCUT2D eigenvalue weighted by Gasteiger charge is 2.33. The predicted molar refractivity (Wildman–Crippen MR) is 96.8 cm³/mol. The molecule has 1 aromatic carbocycles. The van der Waals surface area contributed by atoms with Gasteiger partial charge in [0.2, 0.25) is 0 Å². The van der Waals surface area contributed by atoms with Crippen LogP contribution in [0.15, 0.2) is 23.1 Å². The number of nitrogens with zero attached hydrogens (tertiary/aromatic N) is 1. The quantitative estimate of drug-likeness (QED) is 0.662. The van der Waals surface area contributed by atoms with E-state index in [0.717, 1.165) is 0 Å². The molecular weight excluding hydrogens is 274 g/mol. The summed E-state index contributed by atoms with van der Waals surface area (Å²) in [6.07, 6.45) is 6.75. The lowest BCUT2D eigenvalue weighted by atomic mass is 9.74. The third-order valence-corrected chi connectivity index (χ3v) is 6.56. The van der Waals surface area contributed by atoms with Gasteiger partial charge in [-0.05, 0) is 54.4 Å². The summed E-state index contributed by atoms with van der Waals surface area (Å²) >= 11 is 2.10. The highest BCUT2D eigenvalue weighted by molar-refractivity contribution is 7.99. The Labute approximate surface area is 135 Å². The zero-order chi connectivity index (χ0) is 15.5. The zero-order valence-electron chi connectivity index (χ0n) is 14.4. The first-order valence-electron chi connectivity index (χ1n) is 8.45. The predicted octanol–water partition coefficient (Wildman–Crippen LogP) is 5.94. The molecule has 1 aliphatic heterocycles. The van der Waals surface area contributed by atoms with Crippen LogP contribution in [0.5, 0.6) is 0 Å². The second-order valence-electron chi connectivity index (χ2n) is 6.97. The number of hydrogen-bond acceptors (Lipinski definition) is 2. The maximum atomic E-state index is 2.43. The zero-order valence-corrected chi connectivity index (χ0v) is 15.2. The van der Waals surface area contributed by atoms with Gasteiger partial charge >= 0.3 is 0 Å². The van der Waals surface area contributed by atoms with E-state index in [1.807, 2.05) is 0 Å². The molecule has 1 aromatic rings. The number of hydrogen-bond donors (Lipinski definition) is 0. The molecule has 0 unspecified atom stereocenters. The van der Waals surface area contributed by atoms with Gasteiger partial charge in [0.25, 0.3) is 0 Å². The van der Waals surface area contributed by atoms with Gasteiger partial charge in [-0.3, -0.25) is 0 Å². The number of anilines is 1. The summed E-state index contributed by atoms with van der Waals surface area (Å²) in [4.78, 5) is 3.73. The van der Waals surface area contributed by atoms with E-state index in [-0.39, 0.29) is 0 Å². The molecule has 0 spiro atoms. The van der Waals surface area contributed by atoms with Crippen molar-refractivity contribution in [1.82, 2.24) is 0 Å². The molecule has 0 radical (unpaired) electrons. The summed E-state index contributed by atoms with van der Waals surface area (Å²) in [5, 5.41) is 0. The fourth-order valence-corrected chi connectivity index (χ4v) is 5.05. The lowest BCUT2D eigenvalue weighted by molar-refractivity contribution is 0.246. The van der Waals surface area contributed by atoms with Gasteiger partial charge < -0.3 is 4.90 Å². The molecule has 1 aliphatic rings. The summed E-state index contributed by atoms with van der Waals surface area (Å²) in [6, 6.07) is 7.03. The molecular formula is C19H31NS. The van der Waals surface area contributed by atoms with E-state index in [4.69, 9.17) is 0 Å². The van der Waals surface area contributed by atoms with Crippen LogP contribution in [0.1, 0.15) is 64.4 Å². The maximum absolute atomic E-state index is 2.43. The average Bonchev–Trinajstić information content (AvgIpc) is 2.62. The number of fused-ring (bicyclic) bond motifs is 1. The SMILES string of the molecule is CCCC[C@]1(CC)CSc2ccc(N(C)C)cc2[C@@H](C)C1. The maximum Gasteiger partial charge on any atom is 0.0364 e. The Morgan fingerprint density at radius 2 is 2.05 bits per heavy atom. The highest BCUT2D eigenvalue weighted by Crippen LogP contribution is 2.48. The third-order valence-electron chi connectivity index (χ3n) is 5.12. The molecule has 0 bridgehead atoms. The Hall–Kier alpha value is -0.630. The molecule has 118 valence electrons. The lowest BCUT2D eigenvalue weighted by Gasteiger charge is -2.33. The smallest absolute Gasteiger partial charge is 0.0364 e. The van der Waals surface area contributed by atoms with E-state index in [9.17, 15) is 0 Å². The number of unbranched alkanes of at least 4 members (excludes halogenated alkanes) is 1. The Morgan fingerprint density at radius 1 is 1.29 bits per heavy atom. The van der Waals surface area contributed by atoms with Crippen molar-refractivity contribution in [2.75, 3.05) is 24.7 Å². The van der Waals surface area contributed by atoms with Gasteiger partial charge in [-0.1, -0.05) is 33.6 Å². The van der Waals surface area contributed by atoms with E-state index in [0.29, 0.717) is 11.3 Å². The highest BCUT2D eigenvalue weighted by atomic mass is 32.2. The van der Waals surface area contributed by atoms with Crippen molar-refractivity contribution in [2.24, 2.45) is 5.41 Å². The molecule has 2 rings (SSSR count). The van der Waals surface area contributed by atoms with Gasteiger partial charge in [-0.15, -0.1) is 11.8 Å². The van der Waals surface area contributed by atoms with Crippen LogP contribution in [0, 0.1) is 5.41 Å². The topological polar surface area (TPSA) is 3.24 Å². The Balaban J connectivity index is 2.27. The molecule has 21 heavy (non-hydrogen) atoms. The van der Waals surface area contributed by atoms with E-state index in [1.165, 1.54) is 48.4 Å². The van der Waals surface area contributed by atoms with E-state index < -0.39 is 0 Å². The molecule has 1 nitrogen and oxygen atoms in total. The van der Waals surface area contributed by atoms with Gasteiger partial charge in [0.1, 0.15) is 0 Å². The molecule has 0 saturated carbocycles. The van der Waals surface area contributed by atoms with Gasteiger partial charge in [0.05, 0.1) is 0 Å². The van der Waals surface area contributed by atoms with Crippen LogP contribution >= 0.6 is 11.8 Å². The van der Waals surface area contributed by atoms with E-state index in [2.05, 4.69) is 69.7 Å². The van der Waals surface area contributed by atoms with Crippen LogP contribution in [0.4, 0.5) is 5.69 Å². The minimum atomic E-state index is 0.539. The van der Waals surface area contributed by atoms with Gasteiger partial charge in [-0.2, -0.15) is 0 Å². The van der Waals surface area contributed by atoms with Crippen LogP contribution in [-0.2, 0) is 0 Å². The largest absolute Gasteiger partial charge is 0.378 e. The number of benzene rings is 1. The second-order valence-corrected chi connectivity index (χ2v) is 7.98. The third kappa shape index (κ3) is 3.77. The van der Waals surface area contributed by atoms with E-state index in [1.54, 1.807) is 5.56 Å². The van der Waals surface area contributed by atoms with Crippen LogP contribution in [0.25, 0.3) is 0 Å². The first-order chi connectivity index (χ1) is 10.0. The minimum absolute atomic E-state index is 0.539. The van der Waals surface area contributed by atoms with Gasteiger partial charge in [0, 0.05) is 30.4 Å². The molecule has 1 heterocycles. The van der Waals surface area contributed by atoms with Crippen LogP contribution < -0.4 is 4.90 Å². The summed E-state index contributed by atoms with van der Waals surface area (Å²) in [5.41, 5.74) is 3.44. The van der Waals surface area contributed by atoms with Crippen molar-refractivity contribution in [3.63, 3.8) is 0 Å². The van der Waals surface area contributed by atoms with Crippen molar-refractivity contribution in [3.8, 4) is 0 Å². The Kier molecular flexibility index (Phi) is 5.65. The molecule has 0 amide bonds. The monoisotopic (exact) mass is 305 g/mol.